The van der Waals surface area contributed by atoms with Crippen LogP contribution in [0.4, 0.5) is 0 Å². The summed E-state index contributed by atoms with van der Waals surface area (Å²) in [5.41, 5.74) is 2.46. The van der Waals surface area contributed by atoms with Crippen molar-refractivity contribution in [1.82, 2.24) is 20.3 Å². The molecular weight excluding hydrogens is 312 g/mol. The molecule has 0 aliphatic rings. The fourth-order valence-electron chi connectivity index (χ4n) is 2.32. The molecule has 7 heteroatoms. The van der Waals surface area contributed by atoms with E-state index in [0.717, 1.165) is 22.3 Å². The first-order valence-corrected chi connectivity index (χ1v) is 8.28. The van der Waals surface area contributed by atoms with Crippen molar-refractivity contribution in [2.75, 3.05) is 6.61 Å². The maximum Gasteiger partial charge on any atom is 0.280 e. The minimum atomic E-state index is -0.271. The summed E-state index contributed by atoms with van der Waals surface area (Å²) < 4.78 is 0. The number of carbonyl (C=O) groups is 1. The first-order chi connectivity index (χ1) is 11.1. The van der Waals surface area contributed by atoms with Crippen LogP contribution in [0.2, 0.25) is 0 Å². The van der Waals surface area contributed by atoms with E-state index in [0.29, 0.717) is 5.01 Å². The highest BCUT2D eigenvalue weighted by Gasteiger charge is 2.19. The Balaban J connectivity index is 1.84. The summed E-state index contributed by atoms with van der Waals surface area (Å²) in [5.74, 6) is -0.102. The monoisotopic (exact) mass is 330 g/mol. The number of hydrogen-bond donors (Lipinski definition) is 3. The van der Waals surface area contributed by atoms with Gasteiger partial charge in [-0.1, -0.05) is 13.8 Å². The van der Waals surface area contributed by atoms with E-state index in [2.05, 4.69) is 20.3 Å². The van der Waals surface area contributed by atoms with Gasteiger partial charge in [0, 0.05) is 28.7 Å². The number of carbonyl (C=O) groups excluding carboxylic acids is 1. The smallest absolute Gasteiger partial charge is 0.280 e. The Labute approximate surface area is 137 Å². The molecule has 0 radical (unpaired) electrons. The van der Waals surface area contributed by atoms with Crippen molar-refractivity contribution >= 4 is 28.3 Å². The van der Waals surface area contributed by atoms with Gasteiger partial charge in [-0.05, 0) is 18.1 Å². The van der Waals surface area contributed by atoms with Gasteiger partial charge in [-0.2, -0.15) is 0 Å². The van der Waals surface area contributed by atoms with Crippen LogP contribution in [0, 0.1) is 5.92 Å². The van der Waals surface area contributed by atoms with Crippen LogP contribution in [0.15, 0.2) is 29.9 Å². The van der Waals surface area contributed by atoms with Gasteiger partial charge in [0.15, 0.2) is 5.01 Å². The molecule has 3 rings (SSSR count). The Hall–Kier alpha value is -2.25. The number of hydrogen-bond acceptors (Lipinski definition) is 5. The Morgan fingerprint density at radius 3 is 3.04 bits per heavy atom. The molecule has 0 fully saturated rings. The van der Waals surface area contributed by atoms with Gasteiger partial charge in [0.1, 0.15) is 5.65 Å². The Morgan fingerprint density at radius 1 is 1.48 bits per heavy atom. The van der Waals surface area contributed by atoms with E-state index < -0.39 is 0 Å². The summed E-state index contributed by atoms with van der Waals surface area (Å²) in [4.78, 5) is 24.1. The first kappa shape index (κ1) is 15.6. The van der Waals surface area contributed by atoms with E-state index in [9.17, 15) is 9.90 Å². The van der Waals surface area contributed by atoms with Crippen LogP contribution >= 0.6 is 11.3 Å². The second-order valence-corrected chi connectivity index (χ2v) is 6.50. The van der Waals surface area contributed by atoms with Gasteiger partial charge in [0.2, 0.25) is 0 Å². The minimum Gasteiger partial charge on any atom is -0.394 e. The molecule has 0 aliphatic carbocycles. The number of aromatic nitrogens is 3. The molecule has 0 saturated carbocycles. The third kappa shape index (κ3) is 3.11. The molecule has 120 valence electrons. The van der Waals surface area contributed by atoms with Crippen LogP contribution in [-0.4, -0.2) is 38.6 Å². The molecule has 6 nitrogen and oxygen atoms in total. The lowest BCUT2D eigenvalue weighted by atomic mass is 10.1. The Bertz CT molecular complexity index is 824. The van der Waals surface area contributed by atoms with Crippen LogP contribution in [-0.2, 0) is 0 Å². The lowest BCUT2D eigenvalue weighted by Crippen LogP contribution is -2.41. The molecular formula is C16H18N4O2S. The van der Waals surface area contributed by atoms with Crippen molar-refractivity contribution in [2.45, 2.75) is 19.9 Å². The zero-order chi connectivity index (χ0) is 16.4. The van der Waals surface area contributed by atoms with Gasteiger partial charge in [-0.3, -0.25) is 4.79 Å². The molecule has 3 N–H and O–H groups in total. The van der Waals surface area contributed by atoms with E-state index in [1.807, 2.05) is 37.6 Å². The van der Waals surface area contributed by atoms with Crippen molar-refractivity contribution in [3.63, 3.8) is 0 Å². The lowest BCUT2D eigenvalue weighted by Gasteiger charge is -2.18. The third-order valence-electron chi connectivity index (χ3n) is 3.74. The van der Waals surface area contributed by atoms with Crippen molar-refractivity contribution in [2.24, 2.45) is 5.92 Å². The summed E-state index contributed by atoms with van der Waals surface area (Å²) >= 11 is 1.29. The van der Waals surface area contributed by atoms with Gasteiger partial charge in [0.25, 0.3) is 5.91 Å². The molecule has 0 aliphatic heterocycles. The Morgan fingerprint density at radius 2 is 2.30 bits per heavy atom. The van der Waals surface area contributed by atoms with E-state index in [-0.39, 0.29) is 24.5 Å². The number of fused-ring (bicyclic) bond motifs is 1. The molecule has 23 heavy (non-hydrogen) atoms. The van der Waals surface area contributed by atoms with Crippen LogP contribution in [0.25, 0.3) is 22.3 Å². The number of aliphatic hydroxyl groups is 1. The van der Waals surface area contributed by atoms with Crippen molar-refractivity contribution in [1.29, 1.82) is 0 Å². The zero-order valence-corrected chi connectivity index (χ0v) is 13.7. The predicted molar refractivity (Wildman–Crippen MR) is 90.4 cm³/mol. The average molecular weight is 330 g/mol. The van der Waals surface area contributed by atoms with Gasteiger partial charge >= 0.3 is 0 Å². The average Bonchev–Trinajstić information content (AvgIpc) is 3.18. The van der Waals surface area contributed by atoms with E-state index in [1.54, 1.807) is 6.20 Å². The highest BCUT2D eigenvalue weighted by Crippen LogP contribution is 2.28. The highest BCUT2D eigenvalue weighted by molar-refractivity contribution is 7.12. The number of rotatable bonds is 5. The lowest BCUT2D eigenvalue weighted by molar-refractivity contribution is 0.0896. The number of nitrogens with zero attached hydrogens (tertiary/aromatic N) is 2. The number of pyridine rings is 1. The summed E-state index contributed by atoms with van der Waals surface area (Å²) in [6.45, 7) is 3.82. The van der Waals surface area contributed by atoms with Crippen molar-refractivity contribution in [3.05, 3.63) is 34.9 Å². The number of amides is 1. The van der Waals surface area contributed by atoms with E-state index >= 15 is 0 Å². The minimum absolute atomic E-state index is 0.0875. The molecule has 0 aromatic carbocycles. The SMILES string of the molecule is CC(C)C(CO)NC(=O)c1nc(-c2c[nH]c3ncccc23)cs1. The molecule has 3 heterocycles. The molecule has 0 saturated heterocycles. The summed E-state index contributed by atoms with van der Waals surface area (Å²) in [6.07, 6.45) is 3.57. The quantitative estimate of drug-likeness (QED) is 0.670. The molecule has 1 unspecified atom stereocenters. The van der Waals surface area contributed by atoms with Crippen LogP contribution in [0.3, 0.4) is 0 Å². The normalized spacial score (nSPS) is 12.7. The van der Waals surface area contributed by atoms with Crippen LogP contribution in [0.5, 0.6) is 0 Å². The molecule has 1 atom stereocenters. The van der Waals surface area contributed by atoms with Gasteiger partial charge in [0.05, 0.1) is 18.3 Å². The third-order valence-corrected chi connectivity index (χ3v) is 4.58. The summed E-state index contributed by atoms with van der Waals surface area (Å²) in [6, 6.07) is 3.56. The van der Waals surface area contributed by atoms with Gasteiger partial charge < -0.3 is 15.4 Å². The van der Waals surface area contributed by atoms with Gasteiger partial charge in [-0.25, -0.2) is 9.97 Å². The second-order valence-electron chi connectivity index (χ2n) is 5.65. The first-order valence-electron chi connectivity index (χ1n) is 7.40. The van der Waals surface area contributed by atoms with Crippen molar-refractivity contribution in [3.8, 4) is 11.3 Å². The van der Waals surface area contributed by atoms with E-state index in [4.69, 9.17) is 0 Å². The number of aromatic amines is 1. The molecule has 3 aromatic rings. The van der Waals surface area contributed by atoms with Gasteiger partial charge in [-0.15, -0.1) is 11.3 Å². The zero-order valence-electron chi connectivity index (χ0n) is 12.9. The predicted octanol–water partition coefficient (Wildman–Crippen LogP) is 2.43. The summed E-state index contributed by atoms with van der Waals surface area (Å²) in [5, 5.41) is 15.4. The Kier molecular flexibility index (Phi) is 4.40. The molecule has 0 spiro atoms. The fraction of sp³-hybridized carbons (Fsp3) is 0.312. The molecule has 1 amide bonds. The maximum atomic E-state index is 12.3. The number of nitrogens with one attached hydrogen (secondary N) is 2. The number of H-pyrrole nitrogens is 1. The maximum absolute atomic E-state index is 12.3. The number of thiazole rings is 1. The largest absolute Gasteiger partial charge is 0.394 e. The highest BCUT2D eigenvalue weighted by atomic mass is 32.1. The second kappa shape index (κ2) is 6.47. The summed E-state index contributed by atoms with van der Waals surface area (Å²) in [7, 11) is 0. The molecule has 0 bridgehead atoms. The van der Waals surface area contributed by atoms with Crippen LogP contribution < -0.4 is 5.32 Å². The molecule has 3 aromatic heterocycles. The van der Waals surface area contributed by atoms with Crippen molar-refractivity contribution < 1.29 is 9.90 Å². The number of aliphatic hydroxyl groups excluding tert-OH is 1. The topological polar surface area (TPSA) is 90.9 Å². The van der Waals surface area contributed by atoms with E-state index in [1.165, 1.54) is 11.3 Å². The fourth-order valence-corrected chi connectivity index (χ4v) is 3.04. The standard InChI is InChI=1S/C16H18N4O2S/c1-9(2)12(7-21)19-15(22)16-20-13(8-23-16)11-6-18-14-10(11)4-3-5-17-14/h3-6,8-9,12,21H,7H2,1-2H3,(H,17,18)(H,19,22). The van der Waals surface area contributed by atoms with Crippen LogP contribution in [0.1, 0.15) is 23.6 Å².